The second-order valence-corrected chi connectivity index (χ2v) is 9.29. The van der Waals surface area contributed by atoms with Gasteiger partial charge in [0.1, 0.15) is 17.0 Å². The zero-order chi connectivity index (χ0) is 22.3. The monoisotopic (exact) mass is 434 g/mol. The normalized spacial score (nSPS) is 26.4. The van der Waals surface area contributed by atoms with Gasteiger partial charge in [0.2, 0.25) is 11.8 Å². The number of anilines is 1. The molecule has 5 rings (SSSR count). The minimum atomic E-state index is -0.798. The summed E-state index contributed by atoms with van der Waals surface area (Å²) >= 11 is 0. The van der Waals surface area contributed by atoms with Crippen molar-refractivity contribution in [1.29, 1.82) is 0 Å². The lowest BCUT2D eigenvalue weighted by atomic mass is 9.62. The van der Waals surface area contributed by atoms with E-state index in [0.29, 0.717) is 54.8 Å². The average Bonchev–Trinajstić information content (AvgIpc) is 2.81. The zero-order valence-electron chi connectivity index (χ0n) is 18.7. The van der Waals surface area contributed by atoms with Crippen LogP contribution in [0.1, 0.15) is 36.8 Å². The van der Waals surface area contributed by atoms with E-state index >= 15 is 0 Å². The first-order valence-corrected chi connectivity index (χ1v) is 11.4. The SMILES string of the molecule is COc1ccc(NC(=O)[C@]2(N3CCC3=O)CC[C@H]3Cc4ccccc4C[C@H]3C2)c(OC)c1. The van der Waals surface area contributed by atoms with Crippen molar-refractivity contribution in [3.8, 4) is 11.5 Å². The van der Waals surface area contributed by atoms with Crippen LogP contribution in [0, 0.1) is 11.8 Å². The van der Waals surface area contributed by atoms with Crippen molar-refractivity contribution in [3.05, 3.63) is 53.6 Å². The van der Waals surface area contributed by atoms with Crippen LogP contribution in [0.15, 0.2) is 42.5 Å². The molecule has 32 heavy (non-hydrogen) atoms. The predicted octanol–water partition coefficient (Wildman–Crippen LogP) is 3.83. The Morgan fingerprint density at radius 3 is 2.44 bits per heavy atom. The molecule has 1 N–H and O–H groups in total. The van der Waals surface area contributed by atoms with Crippen LogP contribution >= 0.6 is 0 Å². The van der Waals surface area contributed by atoms with Gasteiger partial charge in [-0.25, -0.2) is 0 Å². The van der Waals surface area contributed by atoms with E-state index in [9.17, 15) is 9.59 Å². The van der Waals surface area contributed by atoms with Gasteiger partial charge >= 0.3 is 0 Å². The molecule has 1 heterocycles. The van der Waals surface area contributed by atoms with Crippen molar-refractivity contribution in [2.45, 2.75) is 44.1 Å². The number of hydrogen-bond donors (Lipinski definition) is 1. The number of likely N-dealkylation sites (tertiary alicyclic amines) is 1. The third-order valence-corrected chi connectivity index (χ3v) is 7.72. The first kappa shape index (κ1) is 20.9. The van der Waals surface area contributed by atoms with Gasteiger partial charge in [0.25, 0.3) is 0 Å². The van der Waals surface area contributed by atoms with E-state index in [1.807, 2.05) is 4.90 Å². The number of rotatable bonds is 5. The summed E-state index contributed by atoms with van der Waals surface area (Å²) < 4.78 is 10.8. The van der Waals surface area contributed by atoms with Crippen molar-refractivity contribution in [3.63, 3.8) is 0 Å². The van der Waals surface area contributed by atoms with Crippen LogP contribution in [0.3, 0.4) is 0 Å². The lowest BCUT2D eigenvalue weighted by Gasteiger charge is -2.53. The molecule has 168 valence electrons. The molecule has 2 fully saturated rings. The highest BCUT2D eigenvalue weighted by molar-refractivity contribution is 6.02. The molecule has 6 heteroatoms. The first-order valence-electron chi connectivity index (χ1n) is 11.4. The van der Waals surface area contributed by atoms with Gasteiger partial charge in [-0.2, -0.15) is 0 Å². The van der Waals surface area contributed by atoms with Crippen LogP contribution in [-0.2, 0) is 22.4 Å². The minimum Gasteiger partial charge on any atom is -0.497 e. The number of methoxy groups -OCH3 is 2. The van der Waals surface area contributed by atoms with Crippen LogP contribution in [0.4, 0.5) is 5.69 Å². The van der Waals surface area contributed by atoms with Crippen molar-refractivity contribution in [2.24, 2.45) is 11.8 Å². The smallest absolute Gasteiger partial charge is 0.250 e. The molecule has 2 aliphatic carbocycles. The Morgan fingerprint density at radius 2 is 1.81 bits per heavy atom. The third kappa shape index (κ3) is 3.42. The lowest BCUT2D eigenvalue weighted by Crippen LogP contribution is -2.66. The fraction of sp³-hybridized carbons (Fsp3) is 0.462. The van der Waals surface area contributed by atoms with Gasteiger partial charge in [-0.15, -0.1) is 0 Å². The van der Waals surface area contributed by atoms with Gasteiger partial charge in [0.05, 0.1) is 19.9 Å². The number of carbonyl (C=O) groups excluding carboxylic acids is 2. The molecule has 3 aliphatic rings. The highest BCUT2D eigenvalue weighted by atomic mass is 16.5. The molecular formula is C26H30N2O4. The summed E-state index contributed by atoms with van der Waals surface area (Å²) in [6.45, 7) is 0.653. The summed E-state index contributed by atoms with van der Waals surface area (Å²) in [5.74, 6) is 2.15. The molecule has 1 aliphatic heterocycles. The number of benzene rings is 2. The summed E-state index contributed by atoms with van der Waals surface area (Å²) in [6.07, 6.45) is 4.94. The van der Waals surface area contributed by atoms with Gasteiger partial charge in [-0.1, -0.05) is 24.3 Å². The second kappa shape index (κ2) is 8.15. The van der Waals surface area contributed by atoms with Crippen molar-refractivity contribution in [1.82, 2.24) is 4.90 Å². The Bertz CT molecular complexity index is 1050. The molecule has 2 amide bonds. The third-order valence-electron chi connectivity index (χ3n) is 7.72. The van der Waals surface area contributed by atoms with Crippen molar-refractivity contribution in [2.75, 3.05) is 26.1 Å². The van der Waals surface area contributed by atoms with E-state index in [2.05, 4.69) is 29.6 Å². The topological polar surface area (TPSA) is 67.9 Å². The number of amides is 2. The van der Waals surface area contributed by atoms with Gasteiger partial charge in [0.15, 0.2) is 0 Å². The quantitative estimate of drug-likeness (QED) is 0.727. The number of β-lactam (4-membered cyclic amide) rings is 1. The largest absolute Gasteiger partial charge is 0.497 e. The number of ether oxygens (including phenoxy) is 2. The molecule has 0 aromatic heterocycles. The number of nitrogens with zero attached hydrogens (tertiary/aromatic N) is 1. The maximum Gasteiger partial charge on any atom is 0.250 e. The molecule has 0 radical (unpaired) electrons. The van der Waals surface area contributed by atoms with E-state index < -0.39 is 5.54 Å². The highest BCUT2D eigenvalue weighted by Gasteiger charge is 2.54. The van der Waals surface area contributed by atoms with Crippen LogP contribution < -0.4 is 14.8 Å². The van der Waals surface area contributed by atoms with Crippen LogP contribution in [0.25, 0.3) is 0 Å². The number of hydrogen-bond acceptors (Lipinski definition) is 4. The molecular weight excluding hydrogens is 404 g/mol. The predicted molar refractivity (Wildman–Crippen MR) is 122 cm³/mol. The van der Waals surface area contributed by atoms with Gasteiger partial charge in [0, 0.05) is 19.0 Å². The highest BCUT2D eigenvalue weighted by Crippen LogP contribution is 2.48. The Morgan fingerprint density at radius 1 is 1.06 bits per heavy atom. The van der Waals surface area contributed by atoms with Gasteiger partial charge < -0.3 is 19.7 Å². The van der Waals surface area contributed by atoms with Crippen LogP contribution in [-0.4, -0.2) is 43.0 Å². The Labute approximate surface area is 188 Å². The molecule has 6 nitrogen and oxygen atoms in total. The van der Waals surface area contributed by atoms with E-state index in [-0.39, 0.29) is 11.8 Å². The fourth-order valence-corrected chi connectivity index (χ4v) is 5.87. The van der Waals surface area contributed by atoms with E-state index in [4.69, 9.17) is 9.47 Å². The summed E-state index contributed by atoms with van der Waals surface area (Å²) in [4.78, 5) is 28.2. The summed E-state index contributed by atoms with van der Waals surface area (Å²) in [6, 6.07) is 14.0. The fourth-order valence-electron chi connectivity index (χ4n) is 5.87. The van der Waals surface area contributed by atoms with Crippen LogP contribution in [0.5, 0.6) is 11.5 Å². The van der Waals surface area contributed by atoms with E-state index in [1.165, 1.54) is 11.1 Å². The maximum atomic E-state index is 13.8. The summed E-state index contributed by atoms with van der Waals surface area (Å²) in [5.41, 5.74) is 2.63. The zero-order valence-corrected chi connectivity index (χ0v) is 18.7. The Balaban J connectivity index is 1.44. The lowest BCUT2D eigenvalue weighted by molar-refractivity contribution is -0.159. The number of nitrogens with one attached hydrogen (secondary N) is 1. The van der Waals surface area contributed by atoms with Gasteiger partial charge in [-0.05, 0) is 67.2 Å². The molecule has 1 saturated carbocycles. The van der Waals surface area contributed by atoms with Crippen LogP contribution in [0.2, 0.25) is 0 Å². The van der Waals surface area contributed by atoms with Crippen molar-refractivity contribution < 1.29 is 19.1 Å². The molecule has 2 aromatic carbocycles. The molecule has 0 unspecified atom stereocenters. The summed E-state index contributed by atoms with van der Waals surface area (Å²) in [7, 11) is 3.17. The molecule has 3 atom stereocenters. The van der Waals surface area contributed by atoms with E-state index in [0.717, 1.165) is 19.3 Å². The number of carbonyl (C=O) groups is 2. The molecule has 0 spiro atoms. The van der Waals surface area contributed by atoms with E-state index in [1.54, 1.807) is 32.4 Å². The van der Waals surface area contributed by atoms with Gasteiger partial charge in [-0.3, -0.25) is 9.59 Å². The first-order chi connectivity index (χ1) is 15.5. The standard InChI is InChI=1S/C26H30N2O4/c1-31-21-7-8-22(23(15-21)32-2)27-25(30)26(28-12-10-24(28)29)11-9-19-13-17-5-3-4-6-18(17)14-20(19)16-26/h3-8,15,19-20H,9-14,16H2,1-2H3,(H,27,30)/t19-,20-,26-/m0/s1. The average molecular weight is 435 g/mol. The second-order valence-electron chi connectivity index (χ2n) is 9.29. The molecule has 0 bridgehead atoms. The minimum absolute atomic E-state index is 0.0801. The number of fused-ring (bicyclic) bond motifs is 2. The Kier molecular flexibility index (Phi) is 5.31. The summed E-state index contributed by atoms with van der Waals surface area (Å²) in [5, 5.41) is 3.09. The molecule has 2 aromatic rings. The van der Waals surface area contributed by atoms with Crippen molar-refractivity contribution >= 4 is 17.5 Å². The molecule has 1 saturated heterocycles. The Hall–Kier alpha value is -3.02. The maximum absolute atomic E-state index is 13.8.